The van der Waals surface area contributed by atoms with E-state index in [-0.39, 0.29) is 6.61 Å². The minimum atomic E-state index is 0.0890. The Morgan fingerprint density at radius 3 is 2.78 bits per heavy atom. The molecular weight excluding hydrogens is 334 g/mol. The van der Waals surface area contributed by atoms with Gasteiger partial charge in [0.15, 0.2) is 0 Å². The summed E-state index contributed by atoms with van der Waals surface area (Å²) in [5, 5.41) is 11.0. The predicted molar refractivity (Wildman–Crippen MR) is 109 cm³/mol. The average molecular weight is 359 g/mol. The van der Waals surface area contributed by atoms with Crippen molar-refractivity contribution in [2.75, 3.05) is 13.6 Å². The standard InChI is InChI=1S/C23H25N3O/c1-15(17-7-9-24-10-8-17)12-26-20-5-3-16(14-27)11-19(20)22-21-6-4-18(23(22)26)13-25(21)2/h3,5,7-12,18,21,27H,4,6,13-14H2,1-2H3. The molecule has 2 aliphatic heterocycles. The third-order valence-corrected chi connectivity index (χ3v) is 6.34. The number of nitrogens with zero attached hydrogens (tertiary/aromatic N) is 3. The highest BCUT2D eigenvalue weighted by Crippen LogP contribution is 2.50. The number of likely N-dealkylation sites (N-methyl/N-ethyl adjacent to an activating group) is 1. The number of aliphatic hydroxyl groups excluding tert-OH is 1. The minimum absolute atomic E-state index is 0.0890. The zero-order valence-corrected chi connectivity index (χ0v) is 15.9. The van der Waals surface area contributed by atoms with Crippen LogP contribution in [-0.4, -0.2) is 33.1 Å². The van der Waals surface area contributed by atoms with Crippen LogP contribution in [0.15, 0.2) is 42.7 Å². The molecular formula is C23H25N3O. The molecule has 2 aromatic heterocycles. The van der Waals surface area contributed by atoms with E-state index in [9.17, 15) is 5.11 Å². The summed E-state index contributed by atoms with van der Waals surface area (Å²) in [5.41, 5.74) is 7.62. The van der Waals surface area contributed by atoms with Crippen LogP contribution in [0.1, 0.15) is 54.1 Å². The summed E-state index contributed by atoms with van der Waals surface area (Å²) in [7, 11) is 2.25. The lowest BCUT2D eigenvalue weighted by atomic mass is 9.78. The average Bonchev–Trinajstić information content (AvgIpc) is 3.04. The van der Waals surface area contributed by atoms with Crippen LogP contribution in [0.3, 0.4) is 0 Å². The Kier molecular flexibility index (Phi) is 3.92. The van der Waals surface area contributed by atoms with E-state index in [1.54, 1.807) is 0 Å². The maximum absolute atomic E-state index is 9.65. The summed E-state index contributed by atoms with van der Waals surface area (Å²) >= 11 is 0. The molecule has 1 N–H and O–H groups in total. The monoisotopic (exact) mass is 359 g/mol. The molecule has 0 saturated carbocycles. The van der Waals surface area contributed by atoms with E-state index in [4.69, 9.17) is 0 Å². The lowest BCUT2D eigenvalue weighted by Gasteiger charge is -2.44. The van der Waals surface area contributed by atoms with Crippen LogP contribution in [0.2, 0.25) is 0 Å². The van der Waals surface area contributed by atoms with Crippen molar-refractivity contribution in [3.8, 4) is 0 Å². The molecule has 1 fully saturated rings. The topological polar surface area (TPSA) is 41.3 Å². The molecule has 4 heterocycles. The molecule has 3 aromatic rings. The number of fused-ring (bicyclic) bond motifs is 3. The molecule has 138 valence electrons. The van der Waals surface area contributed by atoms with Crippen molar-refractivity contribution in [3.05, 3.63) is 65.1 Å². The highest BCUT2D eigenvalue weighted by molar-refractivity contribution is 5.91. The van der Waals surface area contributed by atoms with E-state index in [2.05, 4.69) is 58.9 Å². The quantitative estimate of drug-likeness (QED) is 0.753. The summed E-state index contributed by atoms with van der Waals surface area (Å²) in [5.74, 6) is 0.571. The Morgan fingerprint density at radius 2 is 2.04 bits per heavy atom. The second-order valence-electron chi connectivity index (χ2n) is 7.96. The van der Waals surface area contributed by atoms with E-state index in [1.807, 2.05) is 18.5 Å². The van der Waals surface area contributed by atoms with Crippen LogP contribution in [0.4, 0.5) is 0 Å². The van der Waals surface area contributed by atoms with Gasteiger partial charge in [-0.3, -0.25) is 9.88 Å². The van der Waals surface area contributed by atoms with Crippen LogP contribution < -0.4 is 0 Å². The fourth-order valence-electron chi connectivity index (χ4n) is 5.03. The fourth-order valence-corrected chi connectivity index (χ4v) is 5.03. The first kappa shape index (κ1) is 16.7. The van der Waals surface area contributed by atoms with Crippen LogP contribution in [-0.2, 0) is 6.61 Å². The Hall–Kier alpha value is -2.43. The number of aliphatic hydroxyl groups is 1. The maximum atomic E-state index is 9.65. The molecule has 0 amide bonds. The molecule has 2 unspecified atom stereocenters. The highest BCUT2D eigenvalue weighted by Gasteiger charge is 2.40. The Morgan fingerprint density at radius 1 is 1.22 bits per heavy atom. The van der Waals surface area contributed by atoms with Gasteiger partial charge in [-0.05, 0) is 73.3 Å². The molecule has 1 aliphatic carbocycles. The lowest BCUT2D eigenvalue weighted by Crippen LogP contribution is -2.40. The van der Waals surface area contributed by atoms with Gasteiger partial charge >= 0.3 is 0 Å². The molecule has 4 heteroatoms. The number of aromatic nitrogens is 2. The molecule has 27 heavy (non-hydrogen) atoms. The van der Waals surface area contributed by atoms with Gasteiger partial charge in [-0.15, -0.1) is 0 Å². The highest BCUT2D eigenvalue weighted by atomic mass is 16.3. The minimum Gasteiger partial charge on any atom is -0.392 e. The normalized spacial score (nSPS) is 22.4. The third kappa shape index (κ3) is 2.55. The Bertz CT molecular complexity index is 1030. The van der Waals surface area contributed by atoms with Crippen LogP contribution in [0.25, 0.3) is 22.7 Å². The van der Waals surface area contributed by atoms with Gasteiger partial charge in [-0.25, -0.2) is 0 Å². The largest absolute Gasteiger partial charge is 0.392 e. The van der Waals surface area contributed by atoms with Gasteiger partial charge in [0.1, 0.15) is 0 Å². The zero-order valence-electron chi connectivity index (χ0n) is 15.9. The van der Waals surface area contributed by atoms with Crippen molar-refractivity contribution in [2.24, 2.45) is 0 Å². The molecule has 3 aliphatic rings. The smallest absolute Gasteiger partial charge is 0.0682 e. The first-order valence-electron chi connectivity index (χ1n) is 9.74. The van der Waals surface area contributed by atoms with Crippen LogP contribution >= 0.6 is 0 Å². The predicted octanol–water partition coefficient (Wildman–Crippen LogP) is 4.41. The van der Waals surface area contributed by atoms with Gasteiger partial charge in [0.2, 0.25) is 0 Å². The van der Waals surface area contributed by atoms with Crippen molar-refractivity contribution in [3.63, 3.8) is 0 Å². The van der Waals surface area contributed by atoms with E-state index in [0.29, 0.717) is 12.0 Å². The van der Waals surface area contributed by atoms with E-state index >= 15 is 0 Å². The van der Waals surface area contributed by atoms with Crippen LogP contribution in [0.5, 0.6) is 0 Å². The van der Waals surface area contributed by atoms with Gasteiger partial charge in [0.05, 0.1) is 12.1 Å². The fraction of sp³-hybridized carbons (Fsp3) is 0.348. The summed E-state index contributed by atoms with van der Waals surface area (Å²) in [6, 6.07) is 11.0. The molecule has 2 bridgehead atoms. The summed E-state index contributed by atoms with van der Waals surface area (Å²) in [4.78, 5) is 6.65. The second-order valence-corrected chi connectivity index (χ2v) is 7.96. The number of hydrogen-bond donors (Lipinski definition) is 1. The molecule has 4 nitrogen and oxygen atoms in total. The number of piperidine rings is 1. The first-order valence-corrected chi connectivity index (χ1v) is 9.74. The molecule has 2 atom stereocenters. The second kappa shape index (κ2) is 6.32. The van der Waals surface area contributed by atoms with E-state index < -0.39 is 0 Å². The molecule has 0 spiro atoms. The van der Waals surface area contributed by atoms with Gasteiger partial charge in [-0.2, -0.15) is 0 Å². The Labute approximate surface area is 159 Å². The first-order chi connectivity index (χ1) is 13.2. The third-order valence-electron chi connectivity index (χ3n) is 6.34. The maximum Gasteiger partial charge on any atom is 0.0682 e. The van der Waals surface area contributed by atoms with E-state index in [1.165, 1.54) is 46.1 Å². The molecule has 1 saturated heterocycles. The number of allylic oxidation sites excluding steroid dienone is 1. The summed E-state index contributed by atoms with van der Waals surface area (Å²) < 4.78 is 2.42. The van der Waals surface area contributed by atoms with Crippen molar-refractivity contribution in [1.82, 2.24) is 14.5 Å². The number of rotatable bonds is 3. The molecule has 6 rings (SSSR count). The number of benzene rings is 1. The summed E-state index contributed by atoms with van der Waals surface area (Å²) in [6.07, 6.45) is 8.47. The van der Waals surface area contributed by atoms with Gasteiger partial charge in [0, 0.05) is 48.2 Å². The molecule has 0 radical (unpaired) electrons. The van der Waals surface area contributed by atoms with Crippen LogP contribution in [0, 0.1) is 0 Å². The summed E-state index contributed by atoms with van der Waals surface area (Å²) in [6.45, 7) is 3.39. The van der Waals surface area contributed by atoms with E-state index in [0.717, 1.165) is 12.1 Å². The lowest BCUT2D eigenvalue weighted by molar-refractivity contribution is 0.144. The van der Waals surface area contributed by atoms with Gasteiger partial charge < -0.3 is 9.67 Å². The Balaban J connectivity index is 1.77. The number of hydrogen-bond acceptors (Lipinski definition) is 3. The van der Waals surface area contributed by atoms with Crippen molar-refractivity contribution >= 4 is 22.7 Å². The van der Waals surface area contributed by atoms with Crippen molar-refractivity contribution < 1.29 is 5.11 Å². The van der Waals surface area contributed by atoms with Crippen molar-refractivity contribution in [2.45, 2.75) is 38.3 Å². The van der Waals surface area contributed by atoms with Crippen molar-refractivity contribution in [1.29, 1.82) is 0 Å². The zero-order chi connectivity index (χ0) is 18.5. The van der Waals surface area contributed by atoms with Gasteiger partial charge in [-0.1, -0.05) is 6.07 Å². The van der Waals surface area contributed by atoms with Gasteiger partial charge in [0.25, 0.3) is 0 Å². The SMILES string of the molecule is CC(=Cn1c2c(c3cc(CO)ccc31)C1CCC2CN1C)c1ccncc1. The molecule has 1 aromatic carbocycles. The number of pyridine rings is 1.